The van der Waals surface area contributed by atoms with Crippen LogP contribution in [0.25, 0.3) is 0 Å². The number of nitrogens with zero attached hydrogens (tertiary/aromatic N) is 2. The maximum absolute atomic E-state index is 4.50. The third-order valence-electron chi connectivity index (χ3n) is 3.21. The van der Waals surface area contributed by atoms with Gasteiger partial charge in [-0.2, -0.15) is 0 Å². The summed E-state index contributed by atoms with van der Waals surface area (Å²) in [4.78, 5) is 8.03. The highest BCUT2D eigenvalue weighted by atomic mass is 79.9. The number of hydrogen-bond donors (Lipinski definition) is 1. The summed E-state index contributed by atoms with van der Waals surface area (Å²) in [6.45, 7) is 9.23. The number of anilines is 2. The minimum Gasteiger partial charge on any atom is -0.380 e. The lowest BCUT2D eigenvalue weighted by Gasteiger charge is -2.16. The van der Waals surface area contributed by atoms with Gasteiger partial charge < -0.3 is 10.2 Å². The van der Waals surface area contributed by atoms with Gasteiger partial charge in [0.25, 0.3) is 0 Å². The van der Waals surface area contributed by atoms with E-state index in [-0.39, 0.29) is 0 Å². The molecule has 108 valence electrons. The molecule has 0 spiro atoms. The summed E-state index contributed by atoms with van der Waals surface area (Å²) in [6.07, 6.45) is 1.97. The summed E-state index contributed by atoms with van der Waals surface area (Å²) in [5.74, 6) is 0. The second kappa shape index (κ2) is 7.09. The van der Waals surface area contributed by atoms with Crippen LogP contribution in [0, 0.1) is 6.92 Å². The van der Waals surface area contributed by atoms with Gasteiger partial charge in [-0.3, -0.25) is 0 Å². The van der Waals surface area contributed by atoms with Crippen molar-refractivity contribution >= 4 is 38.1 Å². The Morgan fingerprint density at radius 1 is 1.30 bits per heavy atom. The average molecular weight is 354 g/mol. The smallest absolute Gasteiger partial charge is 0.185 e. The first-order valence-electron chi connectivity index (χ1n) is 6.83. The minimum absolute atomic E-state index is 0.814. The molecular weight excluding hydrogens is 334 g/mol. The van der Waals surface area contributed by atoms with E-state index in [1.54, 1.807) is 11.3 Å². The fraction of sp³-hybridized carbons (Fsp3) is 0.400. The van der Waals surface area contributed by atoms with Crippen molar-refractivity contribution in [3.8, 4) is 0 Å². The molecule has 0 saturated carbocycles. The Balaban J connectivity index is 1.98. The molecule has 5 heteroatoms. The van der Waals surface area contributed by atoms with Crippen molar-refractivity contribution in [2.75, 3.05) is 23.3 Å². The summed E-state index contributed by atoms with van der Waals surface area (Å²) in [5, 5.41) is 4.55. The van der Waals surface area contributed by atoms with E-state index >= 15 is 0 Å². The van der Waals surface area contributed by atoms with Crippen LogP contribution in [0.15, 0.2) is 28.9 Å². The lowest BCUT2D eigenvalue weighted by molar-refractivity contribution is 0.860. The predicted octanol–water partition coefficient (Wildman–Crippen LogP) is 4.67. The van der Waals surface area contributed by atoms with Crippen molar-refractivity contribution in [3.63, 3.8) is 0 Å². The van der Waals surface area contributed by atoms with E-state index in [4.69, 9.17) is 0 Å². The number of aromatic nitrogens is 1. The van der Waals surface area contributed by atoms with Crippen molar-refractivity contribution in [2.24, 2.45) is 0 Å². The van der Waals surface area contributed by atoms with Crippen LogP contribution >= 0.6 is 27.3 Å². The molecule has 1 heterocycles. The van der Waals surface area contributed by atoms with Crippen LogP contribution in [0.2, 0.25) is 0 Å². The van der Waals surface area contributed by atoms with E-state index in [2.05, 4.69) is 70.1 Å². The molecular formula is C15H20BrN3S. The molecule has 0 aliphatic rings. The van der Waals surface area contributed by atoms with Gasteiger partial charge in [-0.15, -0.1) is 11.3 Å². The lowest BCUT2D eigenvalue weighted by atomic mass is 10.2. The van der Waals surface area contributed by atoms with Crippen LogP contribution in [-0.4, -0.2) is 18.1 Å². The number of nitrogens with one attached hydrogen (secondary N) is 1. The third kappa shape index (κ3) is 3.73. The molecule has 2 rings (SSSR count). The van der Waals surface area contributed by atoms with Gasteiger partial charge in [-0.05, 0) is 38.5 Å². The van der Waals surface area contributed by atoms with E-state index in [1.807, 2.05) is 6.20 Å². The molecule has 0 fully saturated rings. The van der Waals surface area contributed by atoms with Gasteiger partial charge in [-0.25, -0.2) is 4.98 Å². The Kier molecular flexibility index (Phi) is 5.43. The van der Waals surface area contributed by atoms with E-state index in [0.29, 0.717) is 0 Å². The summed E-state index contributed by atoms with van der Waals surface area (Å²) >= 11 is 5.32. The van der Waals surface area contributed by atoms with Gasteiger partial charge in [0.15, 0.2) is 5.13 Å². The van der Waals surface area contributed by atoms with Crippen LogP contribution in [0.3, 0.4) is 0 Å². The minimum atomic E-state index is 0.814. The maximum Gasteiger partial charge on any atom is 0.185 e. The number of aryl methyl sites for hydroxylation is 1. The van der Waals surface area contributed by atoms with Crippen LogP contribution in [0.4, 0.5) is 10.8 Å². The highest BCUT2D eigenvalue weighted by Gasteiger charge is 2.07. The number of benzene rings is 1. The number of hydrogen-bond acceptors (Lipinski definition) is 4. The van der Waals surface area contributed by atoms with Gasteiger partial charge in [0.2, 0.25) is 0 Å². The molecule has 0 saturated heterocycles. The fourth-order valence-corrected chi connectivity index (χ4v) is 3.27. The zero-order valence-corrected chi connectivity index (χ0v) is 14.5. The second-order valence-electron chi connectivity index (χ2n) is 4.60. The zero-order chi connectivity index (χ0) is 14.5. The van der Waals surface area contributed by atoms with E-state index in [9.17, 15) is 0 Å². The molecule has 0 amide bonds. The van der Waals surface area contributed by atoms with Crippen molar-refractivity contribution < 1.29 is 0 Å². The Bertz CT molecular complexity index is 564. The highest BCUT2D eigenvalue weighted by molar-refractivity contribution is 9.10. The monoisotopic (exact) mass is 353 g/mol. The maximum atomic E-state index is 4.50. The van der Waals surface area contributed by atoms with E-state index < -0.39 is 0 Å². The van der Waals surface area contributed by atoms with E-state index in [0.717, 1.165) is 34.9 Å². The number of halogens is 1. The highest BCUT2D eigenvalue weighted by Crippen LogP contribution is 2.24. The van der Waals surface area contributed by atoms with Gasteiger partial charge >= 0.3 is 0 Å². The SMILES string of the molecule is CCN(CC)c1ncc(CNc2ccc(C)c(Br)c2)s1. The average Bonchev–Trinajstić information content (AvgIpc) is 2.90. The summed E-state index contributed by atoms with van der Waals surface area (Å²) in [7, 11) is 0. The molecule has 0 bridgehead atoms. The topological polar surface area (TPSA) is 28.2 Å². The van der Waals surface area contributed by atoms with Crippen molar-refractivity contribution in [1.82, 2.24) is 4.98 Å². The predicted molar refractivity (Wildman–Crippen MR) is 91.9 cm³/mol. The van der Waals surface area contributed by atoms with Gasteiger partial charge in [0, 0.05) is 34.3 Å². The molecule has 1 aromatic heterocycles. The molecule has 0 atom stereocenters. The first kappa shape index (κ1) is 15.3. The molecule has 0 aliphatic heterocycles. The Labute approximate surface area is 133 Å². The normalized spacial score (nSPS) is 10.6. The molecule has 0 radical (unpaired) electrons. The Morgan fingerprint density at radius 2 is 2.05 bits per heavy atom. The first-order chi connectivity index (χ1) is 9.63. The molecule has 3 nitrogen and oxygen atoms in total. The third-order valence-corrected chi connectivity index (χ3v) is 5.13. The molecule has 20 heavy (non-hydrogen) atoms. The fourth-order valence-electron chi connectivity index (χ4n) is 1.91. The standard InChI is InChI=1S/C15H20BrN3S/c1-4-19(5-2)15-18-10-13(20-15)9-17-12-7-6-11(3)14(16)8-12/h6-8,10,17H,4-5,9H2,1-3H3. The van der Waals surface area contributed by atoms with Gasteiger partial charge in [0.1, 0.15) is 0 Å². The van der Waals surface area contributed by atoms with Crippen molar-refractivity contribution in [2.45, 2.75) is 27.3 Å². The summed E-state index contributed by atoms with van der Waals surface area (Å²) < 4.78 is 1.13. The van der Waals surface area contributed by atoms with Crippen molar-refractivity contribution in [3.05, 3.63) is 39.3 Å². The largest absolute Gasteiger partial charge is 0.380 e. The van der Waals surface area contributed by atoms with Crippen LogP contribution in [0.5, 0.6) is 0 Å². The molecule has 0 unspecified atom stereocenters. The number of rotatable bonds is 6. The van der Waals surface area contributed by atoms with Crippen molar-refractivity contribution in [1.29, 1.82) is 0 Å². The van der Waals surface area contributed by atoms with Gasteiger partial charge in [0.05, 0.1) is 6.54 Å². The van der Waals surface area contributed by atoms with Crippen LogP contribution in [0.1, 0.15) is 24.3 Å². The second-order valence-corrected chi connectivity index (χ2v) is 6.55. The quantitative estimate of drug-likeness (QED) is 0.817. The lowest BCUT2D eigenvalue weighted by Crippen LogP contribution is -2.21. The first-order valence-corrected chi connectivity index (χ1v) is 8.44. The van der Waals surface area contributed by atoms with E-state index in [1.165, 1.54) is 10.4 Å². The summed E-state index contributed by atoms with van der Waals surface area (Å²) in [6, 6.07) is 6.33. The van der Waals surface area contributed by atoms with Crippen LogP contribution in [-0.2, 0) is 6.54 Å². The summed E-state index contributed by atoms with van der Waals surface area (Å²) in [5.41, 5.74) is 2.37. The molecule has 1 N–H and O–H groups in total. The molecule has 2 aromatic rings. The molecule has 0 aliphatic carbocycles. The van der Waals surface area contributed by atoms with Crippen LogP contribution < -0.4 is 10.2 Å². The Hall–Kier alpha value is -1.07. The Morgan fingerprint density at radius 3 is 2.70 bits per heavy atom. The number of thiazole rings is 1. The van der Waals surface area contributed by atoms with Gasteiger partial charge in [-0.1, -0.05) is 22.0 Å². The molecule has 1 aromatic carbocycles. The zero-order valence-electron chi connectivity index (χ0n) is 12.1.